The molecule has 1 aromatic carbocycles. The maximum Gasteiger partial charge on any atom is 0.407 e. The lowest BCUT2D eigenvalue weighted by Crippen LogP contribution is -2.13. The summed E-state index contributed by atoms with van der Waals surface area (Å²) in [5.74, 6) is 0. The number of benzene rings is 1. The van der Waals surface area contributed by atoms with Gasteiger partial charge in [0.25, 0.3) is 0 Å². The Bertz CT molecular complexity index is 536. The first-order valence-corrected chi connectivity index (χ1v) is 5.38. The summed E-state index contributed by atoms with van der Waals surface area (Å²) in [6, 6.07) is 9.62. The van der Waals surface area contributed by atoms with Crippen LogP contribution in [0.3, 0.4) is 0 Å². The lowest BCUT2D eigenvalue weighted by atomic mass is 10.1. The van der Waals surface area contributed by atoms with E-state index >= 15 is 0 Å². The zero-order valence-corrected chi connectivity index (χ0v) is 9.04. The molecule has 1 aliphatic rings. The van der Waals surface area contributed by atoms with E-state index < -0.39 is 0 Å². The van der Waals surface area contributed by atoms with Crippen LogP contribution < -0.4 is 5.32 Å². The fourth-order valence-corrected chi connectivity index (χ4v) is 1.94. The van der Waals surface area contributed by atoms with E-state index in [2.05, 4.69) is 10.4 Å². The molecule has 2 aromatic rings. The molecule has 1 unspecified atom stereocenters. The molecule has 0 bridgehead atoms. The standard InChI is InChI=1S/C12H11N3O2/c16-12-13-8-11(17-12)9-4-1-2-5-10(9)15-7-3-6-14-15/h1-7,11H,8H2,(H,13,16). The summed E-state index contributed by atoms with van der Waals surface area (Å²) >= 11 is 0. The van der Waals surface area contributed by atoms with Gasteiger partial charge >= 0.3 is 6.09 Å². The van der Waals surface area contributed by atoms with Crippen molar-refractivity contribution in [2.75, 3.05) is 6.54 Å². The van der Waals surface area contributed by atoms with Crippen molar-refractivity contribution in [3.63, 3.8) is 0 Å². The van der Waals surface area contributed by atoms with Crippen LogP contribution in [0.4, 0.5) is 4.79 Å². The Morgan fingerprint density at radius 2 is 2.24 bits per heavy atom. The molecule has 1 aliphatic heterocycles. The Labute approximate surface area is 98.0 Å². The van der Waals surface area contributed by atoms with Crippen molar-refractivity contribution in [3.8, 4) is 5.69 Å². The van der Waals surface area contributed by atoms with Gasteiger partial charge in [0.1, 0.15) is 6.10 Å². The maximum absolute atomic E-state index is 11.1. The molecule has 1 saturated heterocycles. The van der Waals surface area contributed by atoms with Gasteiger partial charge in [-0.15, -0.1) is 0 Å². The van der Waals surface area contributed by atoms with Crippen LogP contribution in [0.25, 0.3) is 5.69 Å². The van der Waals surface area contributed by atoms with Crippen LogP contribution in [0.15, 0.2) is 42.7 Å². The largest absolute Gasteiger partial charge is 0.439 e. The molecule has 0 radical (unpaired) electrons. The molecule has 86 valence electrons. The van der Waals surface area contributed by atoms with Crippen molar-refractivity contribution >= 4 is 6.09 Å². The monoisotopic (exact) mass is 229 g/mol. The summed E-state index contributed by atoms with van der Waals surface area (Å²) in [5, 5.41) is 6.84. The molecule has 0 aliphatic carbocycles. The minimum atomic E-state index is -0.370. The Hall–Kier alpha value is -2.30. The highest BCUT2D eigenvalue weighted by Crippen LogP contribution is 2.26. The van der Waals surface area contributed by atoms with Crippen LogP contribution in [-0.2, 0) is 4.74 Å². The Morgan fingerprint density at radius 3 is 2.94 bits per heavy atom. The van der Waals surface area contributed by atoms with E-state index in [9.17, 15) is 4.79 Å². The number of aromatic nitrogens is 2. The molecule has 1 fully saturated rings. The first kappa shape index (κ1) is 9.89. The van der Waals surface area contributed by atoms with E-state index in [0.717, 1.165) is 11.3 Å². The lowest BCUT2D eigenvalue weighted by molar-refractivity contribution is 0.141. The number of carbonyl (C=O) groups excluding carboxylic acids is 1. The third-order valence-electron chi connectivity index (χ3n) is 2.72. The number of rotatable bonds is 2. The molecule has 0 spiro atoms. The van der Waals surface area contributed by atoms with Crippen molar-refractivity contribution in [2.45, 2.75) is 6.10 Å². The minimum absolute atomic E-state index is 0.247. The Morgan fingerprint density at radius 1 is 1.35 bits per heavy atom. The highest BCUT2D eigenvalue weighted by Gasteiger charge is 2.26. The van der Waals surface area contributed by atoms with Gasteiger partial charge in [0.2, 0.25) is 0 Å². The van der Waals surface area contributed by atoms with Crippen molar-refractivity contribution < 1.29 is 9.53 Å². The lowest BCUT2D eigenvalue weighted by Gasteiger charge is -2.13. The smallest absolute Gasteiger partial charge is 0.407 e. The SMILES string of the molecule is O=C1NCC(c2ccccc2-n2cccn2)O1. The average Bonchev–Trinajstić information content (AvgIpc) is 3.00. The highest BCUT2D eigenvalue weighted by molar-refractivity contribution is 5.70. The summed E-state index contributed by atoms with van der Waals surface area (Å²) in [4.78, 5) is 11.1. The quantitative estimate of drug-likeness (QED) is 0.851. The van der Waals surface area contributed by atoms with Gasteiger partial charge in [0.15, 0.2) is 0 Å². The zero-order chi connectivity index (χ0) is 11.7. The van der Waals surface area contributed by atoms with Crippen LogP contribution >= 0.6 is 0 Å². The molecule has 1 amide bonds. The molecule has 0 saturated carbocycles. The van der Waals surface area contributed by atoms with Crippen molar-refractivity contribution in [1.29, 1.82) is 0 Å². The normalized spacial score (nSPS) is 18.8. The van der Waals surface area contributed by atoms with Gasteiger partial charge in [0.05, 0.1) is 12.2 Å². The second-order valence-electron chi connectivity index (χ2n) is 3.78. The number of amides is 1. The van der Waals surface area contributed by atoms with E-state index in [1.165, 1.54) is 0 Å². The van der Waals surface area contributed by atoms with Crippen molar-refractivity contribution in [2.24, 2.45) is 0 Å². The van der Waals surface area contributed by atoms with E-state index in [1.54, 1.807) is 10.9 Å². The topological polar surface area (TPSA) is 56.2 Å². The number of alkyl carbamates (subject to hydrolysis) is 1. The molecular formula is C12H11N3O2. The molecule has 5 heteroatoms. The fraction of sp³-hybridized carbons (Fsp3) is 0.167. The maximum atomic E-state index is 11.1. The highest BCUT2D eigenvalue weighted by atomic mass is 16.6. The first-order valence-electron chi connectivity index (χ1n) is 5.38. The molecule has 1 N–H and O–H groups in total. The summed E-state index contributed by atoms with van der Waals surface area (Å²) in [5.41, 5.74) is 1.88. The third kappa shape index (κ3) is 1.75. The molecular weight excluding hydrogens is 218 g/mol. The molecule has 5 nitrogen and oxygen atoms in total. The number of hydrogen-bond donors (Lipinski definition) is 1. The number of nitrogens with one attached hydrogen (secondary N) is 1. The van der Waals surface area contributed by atoms with E-state index in [0.29, 0.717) is 6.54 Å². The van der Waals surface area contributed by atoms with Crippen LogP contribution in [0, 0.1) is 0 Å². The van der Waals surface area contributed by atoms with Gasteiger partial charge < -0.3 is 10.1 Å². The predicted octanol–water partition coefficient (Wildman–Crippen LogP) is 1.65. The summed E-state index contributed by atoms with van der Waals surface area (Å²) in [6.45, 7) is 0.497. The number of carbonyl (C=O) groups is 1. The number of hydrogen-bond acceptors (Lipinski definition) is 3. The van der Waals surface area contributed by atoms with Gasteiger partial charge in [-0.25, -0.2) is 9.48 Å². The van der Waals surface area contributed by atoms with Crippen LogP contribution in [0.5, 0.6) is 0 Å². The summed E-state index contributed by atoms with van der Waals surface area (Å²) < 4.78 is 6.96. The van der Waals surface area contributed by atoms with E-state index in [1.807, 2.05) is 36.5 Å². The number of nitrogens with zero attached hydrogens (tertiary/aromatic N) is 2. The third-order valence-corrected chi connectivity index (χ3v) is 2.72. The fourth-order valence-electron chi connectivity index (χ4n) is 1.94. The van der Waals surface area contributed by atoms with Gasteiger partial charge in [-0.1, -0.05) is 18.2 Å². The van der Waals surface area contributed by atoms with Crippen molar-refractivity contribution in [1.82, 2.24) is 15.1 Å². The first-order chi connectivity index (χ1) is 8.34. The molecule has 2 heterocycles. The minimum Gasteiger partial charge on any atom is -0.439 e. The number of ether oxygens (including phenoxy) is 1. The number of para-hydroxylation sites is 1. The molecule has 17 heavy (non-hydrogen) atoms. The molecule has 3 rings (SSSR count). The second kappa shape index (κ2) is 3.93. The Kier molecular flexibility index (Phi) is 2.29. The molecule has 1 atom stereocenters. The molecule has 1 aromatic heterocycles. The van der Waals surface area contributed by atoms with E-state index in [4.69, 9.17) is 4.74 Å². The van der Waals surface area contributed by atoms with Crippen molar-refractivity contribution in [3.05, 3.63) is 48.3 Å². The van der Waals surface area contributed by atoms with Gasteiger partial charge in [-0.05, 0) is 12.1 Å². The summed E-state index contributed by atoms with van der Waals surface area (Å²) in [6.07, 6.45) is 2.96. The second-order valence-corrected chi connectivity index (χ2v) is 3.78. The average molecular weight is 229 g/mol. The van der Waals surface area contributed by atoms with Gasteiger partial charge in [-0.2, -0.15) is 5.10 Å². The van der Waals surface area contributed by atoms with Crippen LogP contribution in [0.1, 0.15) is 11.7 Å². The van der Waals surface area contributed by atoms with Gasteiger partial charge in [-0.3, -0.25) is 0 Å². The Balaban J connectivity index is 2.02. The summed E-state index contributed by atoms with van der Waals surface area (Å²) in [7, 11) is 0. The van der Waals surface area contributed by atoms with Crippen LogP contribution in [-0.4, -0.2) is 22.4 Å². The van der Waals surface area contributed by atoms with Gasteiger partial charge in [0, 0.05) is 18.0 Å². The zero-order valence-electron chi connectivity index (χ0n) is 9.04. The van der Waals surface area contributed by atoms with Crippen LogP contribution in [0.2, 0.25) is 0 Å². The number of cyclic esters (lactones) is 1. The van der Waals surface area contributed by atoms with E-state index in [-0.39, 0.29) is 12.2 Å². The predicted molar refractivity (Wildman–Crippen MR) is 60.8 cm³/mol.